The number of benzene rings is 1. The molecule has 21 heavy (non-hydrogen) atoms. The summed E-state index contributed by atoms with van der Waals surface area (Å²) in [5.41, 5.74) is 6.10. The first-order valence-corrected chi connectivity index (χ1v) is 6.84. The molecule has 0 saturated carbocycles. The lowest BCUT2D eigenvalue weighted by atomic mass is 10.1. The summed E-state index contributed by atoms with van der Waals surface area (Å²) >= 11 is 0. The highest BCUT2D eigenvalue weighted by molar-refractivity contribution is 5.75. The van der Waals surface area contributed by atoms with Crippen LogP contribution in [-0.4, -0.2) is 33.3 Å². The van der Waals surface area contributed by atoms with Gasteiger partial charge in [-0.25, -0.2) is 0 Å². The van der Waals surface area contributed by atoms with Gasteiger partial charge in [-0.15, -0.1) is 0 Å². The molecule has 0 aliphatic heterocycles. The van der Waals surface area contributed by atoms with Crippen molar-refractivity contribution in [1.29, 1.82) is 0 Å². The van der Waals surface area contributed by atoms with Gasteiger partial charge in [0.1, 0.15) is 0 Å². The Morgan fingerprint density at radius 1 is 1.24 bits per heavy atom. The van der Waals surface area contributed by atoms with Gasteiger partial charge >= 0.3 is 0 Å². The number of hydrogen-bond donors (Lipinski definition) is 2. The fourth-order valence-corrected chi connectivity index (χ4v) is 1.83. The van der Waals surface area contributed by atoms with Crippen molar-refractivity contribution in [3.8, 4) is 17.2 Å². The third-order valence-corrected chi connectivity index (χ3v) is 2.76. The lowest BCUT2D eigenvalue weighted by Gasteiger charge is -2.16. The minimum atomic E-state index is -0.554. The molecule has 0 aliphatic rings. The number of ether oxygens (including phenoxy) is 3. The Morgan fingerprint density at radius 3 is 2.24 bits per heavy atom. The van der Waals surface area contributed by atoms with E-state index in [1.807, 2.05) is 12.1 Å². The molecule has 0 unspecified atom stereocenters. The van der Waals surface area contributed by atoms with Gasteiger partial charge in [0.2, 0.25) is 5.75 Å². The molecule has 1 aromatic carbocycles. The predicted octanol–water partition coefficient (Wildman–Crippen LogP) is 1.31. The first-order chi connectivity index (χ1) is 9.97. The summed E-state index contributed by atoms with van der Waals surface area (Å²) < 4.78 is 16.0. The maximum absolute atomic E-state index is 10.8. The van der Waals surface area contributed by atoms with Crippen LogP contribution in [0.2, 0.25) is 0 Å². The smallest absolute Gasteiger partial charge is 0.255 e. The first-order valence-electron chi connectivity index (χ1n) is 6.84. The highest BCUT2D eigenvalue weighted by atomic mass is 16.5. The third kappa shape index (κ3) is 5.51. The normalized spacial score (nSPS) is 10.5. The average molecular weight is 296 g/mol. The summed E-state index contributed by atoms with van der Waals surface area (Å²) in [6.45, 7) is 5.69. The van der Waals surface area contributed by atoms with Crippen molar-refractivity contribution >= 4 is 5.91 Å². The predicted molar refractivity (Wildman–Crippen MR) is 80.8 cm³/mol. The molecule has 1 rings (SSSR count). The Hall–Kier alpha value is -1.95. The maximum atomic E-state index is 10.8. The number of methoxy groups -OCH3 is 2. The summed E-state index contributed by atoms with van der Waals surface area (Å²) in [6.07, 6.45) is 0. The number of amides is 1. The van der Waals surface area contributed by atoms with E-state index >= 15 is 0 Å². The van der Waals surface area contributed by atoms with Crippen LogP contribution < -0.4 is 25.3 Å². The molecule has 0 fully saturated rings. The Balaban J connectivity index is 2.91. The van der Waals surface area contributed by atoms with Gasteiger partial charge in [0.05, 0.1) is 14.2 Å². The summed E-state index contributed by atoms with van der Waals surface area (Å²) in [4.78, 5) is 10.8. The van der Waals surface area contributed by atoms with Crippen molar-refractivity contribution in [3.63, 3.8) is 0 Å². The third-order valence-electron chi connectivity index (χ3n) is 2.76. The molecule has 0 atom stereocenters. The number of nitrogens with one attached hydrogen (secondary N) is 1. The second-order valence-corrected chi connectivity index (χ2v) is 5.11. The Labute approximate surface area is 125 Å². The quantitative estimate of drug-likeness (QED) is 0.718. The fraction of sp³-hybridized carbons (Fsp3) is 0.533. The van der Waals surface area contributed by atoms with Gasteiger partial charge in [-0.3, -0.25) is 4.79 Å². The van der Waals surface area contributed by atoms with Crippen molar-refractivity contribution < 1.29 is 19.0 Å². The van der Waals surface area contributed by atoms with Gasteiger partial charge < -0.3 is 25.3 Å². The van der Waals surface area contributed by atoms with Gasteiger partial charge in [0.15, 0.2) is 18.1 Å². The van der Waals surface area contributed by atoms with E-state index in [-0.39, 0.29) is 6.61 Å². The van der Waals surface area contributed by atoms with Gasteiger partial charge in [-0.1, -0.05) is 13.8 Å². The monoisotopic (exact) mass is 296 g/mol. The minimum absolute atomic E-state index is 0.225. The van der Waals surface area contributed by atoms with Crippen LogP contribution in [0.3, 0.4) is 0 Å². The van der Waals surface area contributed by atoms with Gasteiger partial charge in [0.25, 0.3) is 5.91 Å². The molecular weight excluding hydrogens is 272 g/mol. The molecule has 118 valence electrons. The van der Waals surface area contributed by atoms with Crippen LogP contribution in [0.15, 0.2) is 12.1 Å². The molecule has 0 spiro atoms. The van der Waals surface area contributed by atoms with Gasteiger partial charge in [-0.05, 0) is 30.2 Å². The highest BCUT2D eigenvalue weighted by Gasteiger charge is 2.15. The number of hydrogen-bond acceptors (Lipinski definition) is 5. The van der Waals surface area contributed by atoms with E-state index in [1.165, 1.54) is 14.2 Å². The van der Waals surface area contributed by atoms with E-state index in [4.69, 9.17) is 19.9 Å². The molecule has 0 aliphatic carbocycles. The van der Waals surface area contributed by atoms with Crippen molar-refractivity contribution in [3.05, 3.63) is 17.7 Å². The number of rotatable bonds is 9. The molecular formula is C15H24N2O4. The largest absolute Gasteiger partial charge is 0.493 e. The topological polar surface area (TPSA) is 82.8 Å². The van der Waals surface area contributed by atoms with Crippen LogP contribution in [-0.2, 0) is 11.3 Å². The Bertz CT molecular complexity index is 450. The molecule has 3 N–H and O–H groups in total. The van der Waals surface area contributed by atoms with Crippen LogP contribution in [0.1, 0.15) is 19.4 Å². The molecule has 1 aromatic rings. The lowest BCUT2D eigenvalue weighted by molar-refractivity contribution is -0.119. The zero-order valence-corrected chi connectivity index (χ0v) is 13.1. The summed E-state index contributed by atoms with van der Waals surface area (Å²) in [6, 6.07) is 3.71. The standard InChI is InChI=1S/C15H24N2O4/c1-10(2)7-17-8-11-5-12(19-3)15(13(6-11)20-4)21-9-14(16)18/h5-6,10,17H,7-9H2,1-4H3,(H2,16,18). The second kappa shape index (κ2) is 8.36. The van der Waals surface area contributed by atoms with Crippen molar-refractivity contribution in [2.75, 3.05) is 27.4 Å². The molecule has 0 radical (unpaired) electrons. The van der Waals surface area contributed by atoms with Gasteiger partial charge in [0, 0.05) is 6.54 Å². The van der Waals surface area contributed by atoms with Crippen molar-refractivity contribution in [2.24, 2.45) is 11.7 Å². The Morgan fingerprint density at radius 2 is 1.81 bits per heavy atom. The average Bonchev–Trinajstić information content (AvgIpc) is 2.44. The van der Waals surface area contributed by atoms with E-state index in [2.05, 4.69) is 19.2 Å². The van der Waals surface area contributed by atoms with Gasteiger partial charge in [-0.2, -0.15) is 0 Å². The maximum Gasteiger partial charge on any atom is 0.255 e. The summed E-state index contributed by atoms with van der Waals surface area (Å²) in [7, 11) is 3.08. The second-order valence-electron chi connectivity index (χ2n) is 5.11. The lowest BCUT2D eigenvalue weighted by Crippen LogP contribution is -2.21. The molecule has 0 saturated heterocycles. The highest BCUT2D eigenvalue weighted by Crippen LogP contribution is 2.38. The molecule has 1 amide bonds. The molecule has 6 heteroatoms. The summed E-state index contributed by atoms with van der Waals surface area (Å²) in [5.74, 6) is 1.43. The van der Waals surface area contributed by atoms with Crippen LogP contribution in [0, 0.1) is 5.92 Å². The first kappa shape index (κ1) is 17.1. The fourth-order valence-electron chi connectivity index (χ4n) is 1.83. The van der Waals surface area contributed by atoms with Crippen LogP contribution >= 0.6 is 0 Å². The molecule has 0 heterocycles. The molecule has 0 aromatic heterocycles. The van der Waals surface area contributed by atoms with E-state index in [1.54, 1.807) is 0 Å². The van der Waals surface area contributed by atoms with Crippen LogP contribution in [0.25, 0.3) is 0 Å². The van der Waals surface area contributed by atoms with Crippen molar-refractivity contribution in [2.45, 2.75) is 20.4 Å². The number of primary amides is 1. The molecule has 0 bridgehead atoms. The SMILES string of the molecule is COc1cc(CNCC(C)C)cc(OC)c1OCC(N)=O. The van der Waals surface area contributed by atoms with E-state index in [0.717, 1.165) is 12.1 Å². The van der Waals surface area contributed by atoms with E-state index < -0.39 is 5.91 Å². The number of carbonyl (C=O) groups excluding carboxylic acids is 1. The van der Waals surface area contributed by atoms with E-state index in [0.29, 0.717) is 29.7 Å². The van der Waals surface area contributed by atoms with Crippen LogP contribution in [0.5, 0.6) is 17.2 Å². The minimum Gasteiger partial charge on any atom is -0.493 e. The zero-order valence-electron chi connectivity index (χ0n) is 13.1. The van der Waals surface area contributed by atoms with Crippen LogP contribution in [0.4, 0.5) is 0 Å². The molecule has 6 nitrogen and oxygen atoms in total. The number of nitrogens with two attached hydrogens (primary N) is 1. The zero-order chi connectivity index (χ0) is 15.8. The number of carbonyl (C=O) groups is 1. The van der Waals surface area contributed by atoms with E-state index in [9.17, 15) is 4.79 Å². The Kier molecular flexibility index (Phi) is 6.81. The summed E-state index contributed by atoms with van der Waals surface area (Å²) in [5, 5.41) is 3.35. The van der Waals surface area contributed by atoms with Crippen molar-refractivity contribution in [1.82, 2.24) is 5.32 Å².